The highest BCUT2D eigenvalue weighted by atomic mass is 16.6. The van der Waals surface area contributed by atoms with Crippen LogP contribution in [0.2, 0.25) is 0 Å². The zero-order valence-electron chi connectivity index (χ0n) is 27.7. The Bertz CT molecular complexity index is 1320. The Hall–Kier alpha value is -5.14. The lowest BCUT2D eigenvalue weighted by atomic mass is 10.2. The number of esters is 3. The Morgan fingerprint density at radius 1 is 0.638 bits per heavy atom. The van der Waals surface area contributed by atoms with E-state index in [4.69, 9.17) is 24.1 Å². The Morgan fingerprint density at radius 3 is 1.32 bits per heavy atom. The van der Waals surface area contributed by atoms with Gasteiger partial charge in [0.2, 0.25) is 0 Å². The Balaban J connectivity index is 0.000000470. The monoisotopic (exact) mass is 660 g/mol. The Kier molecular flexibility index (Phi) is 16.5. The number of amides is 2. The molecule has 0 aromatic heterocycles. The van der Waals surface area contributed by atoms with Gasteiger partial charge < -0.3 is 39.4 Å². The van der Waals surface area contributed by atoms with Crippen molar-refractivity contribution in [2.45, 2.75) is 90.9 Å². The van der Waals surface area contributed by atoms with Crippen LogP contribution in [0.4, 0.5) is 9.59 Å². The van der Waals surface area contributed by atoms with Crippen molar-refractivity contribution in [3.05, 3.63) is 71.8 Å². The highest BCUT2D eigenvalue weighted by Gasteiger charge is 2.29. The molecule has 0 radical (unpaired) electrons. The van der Waals surface area contributed by atoms with E-state index in [2.05, 4.69) is 15.4 Å². The van der Waals surface area contributed by atoms with E-state index in [-0.39, 0.29) is 19.6 Å². The van der Waals surface area contributed by atoms with Crippen LogP contribution in [-0.4, -0.2) is 71.6 Å². The molecule has 0 aliphatic carbocycles. The predicted octanol–water partition coefficient (Wildman–Crippen LogP) is 4.28. The van der Waals surface area contributed by atoms with Gasteiger partial charge in [0.25, 0.3) is 0 Å². The van der Waals surface area contributed by atoms with E-state index in [1.165, 1.54) is 7.11 Å². The average molecular weight is 661 g/mol. The Labute approximate surface area is 274 Å². The second-order valence-corrected chi connectivity index (χ2v) is 12.0. The molecular weight excluding hydrogens is 616 g/mol. The minimum absolute atomic E-state index is 0.00814. The highest BCUT2D eigenvalue weighted by molar-refractivity contribution is 5.86. The summed E-state index contributed by atoms with van der Waals surface area (Å²) in [5.41, 5.74) is 0.0618. The van der Waals surface area contributed by atoms with Gasteiger partial charge >= 0.3 is 36.1 Å². The summed E-state index contributed by atoms with van der Waals surface area (Å²) in [7, 11) is 1.20. The van der Waals surface area contributed by atoms with Crippen LogP contribution in [0.25, 0.3) is 0 Å². The van der Waals surface area contributed by atoms with Crippen molar-refractivity contribution in [3.63, 3.8) is 0 Å². The van der Waals surface area contributed by atoms with Crippen LogP contribution >= 0.6 is 0 Å². The molecule has 0 spiro atoms. The SMILES string of the molecule is CC(C)(C)OC(=O)N[C@H](CC(=O)O)C(=O)OCc1ccccc1.COC(=O)C[C@@H](NC(=O)OC(C)(C)C)C(=O)OCc1ccccc1. The summed E-state index contributed by atoms with van der Waals surface area (Å²) in [6.45, 7) is 10.1. The fraction of sp³-hybridized carbons (Fsp3) is 0.455. The van der Waals surface area contributed by atoms with Gasteiger partial charge in [0.05, 0.1) is 20.0 Å². The standard InChI is InChI=1S/C17H23NO6.C16H21NO6/c1-17(2,3)24-16(21)18-13(10-14(19)22-4)15(20)23-11-12-8-6-5-7-9-12;1-16(2,3)23-15(21)17-12(9-13(18)19)14(20)22-10-11-7-5-4-6-8-11/h5-9,13H,10-11H2,1-4H3,(H,18,21);4-8,12H,9-10H2,1-3H3,(H,17,21)(H,18,19)/t13-;12-/m11/s1. The zero-order chi connectivity index (χ0) is 35.6. The van der Waals surface area contributed by atoms with Crippen molar-refractivity contribution in [3.8, 4) is 0 Å². The Morgan fingerprint density at radius 2 is 1.00 bits per heavy atom. The van der Waals surface area contributed by atoms with Gasteiger partial charge in [0, 0.05) is 0 Å². The first-order valence-corrected chi connectivity index (χ1v) is 14.6. The van der Waals surface area contributed by atoms with Crippen LogP contribution in [-0.2, 0) is 56.1 Å². The van der Waals surface area contributed by atoms with E-state index in [1.807, 2.05) is 24.3 Å². The van der Waals surface area contributed by atoms with Crippen LogP contribution in [0.1, 0.15) is 65.5 Å². The minimum atomic E-state index is -1.31. The molecule has 2 rings (SSSR count). The number of benzene rings is 2. The third kappa shape index (κ3) is 19.1. The molecule has 2 amide bonds. The first-order chi connectivity index (χ1) is 21.9. The third-order valence-electron chi connectivity index (χ3n) is 5.38. The molecule has 2 atom stereocenters. The van der Waals surface area contributed by atoms with E-state index < -0.39 is 65.8 Å². The second kappa shape index (κ2) is 19.4. The summed E-state index contributed by atoms with van der Waals surface area (Å²) in [5.74, 6) is -3.45. The minimum Gasteiger partial charge on any atom is -0.481 e. The molecule has 0 aliphatic heterocycles. The summed E-state index contributed by atoms with van der Waals surface area (Å²) in [6, 6.07) is 15.5. The summed E-state index contributed by atoms with van der Waals surface area (Å²) in [4.78, 5) is 70.0. The molecule has 0 aliphatic rings. The molecule has 14 nitrogen and oxygen atoms in total. The summed E-state index contributed by atoms with van der Waals surface area (Å²) >= 11 is 0. The number of aliphatic carboxylic acids is 1. The van der Waals surface area contributed by atoms with E-state index >= 15 is 0 Å². The first kappa shape index (κ1) is 39.9. The predicted molar refractivity (Wildman–Crippen MR) is 168 cm³/mol. The number of hydrogen-bond acceptors (Lipinski definition) is 11. The van der Waals surface area contributed by atoms with Crippen molar-refractivity contribution in [1.82, 2.24) is 10.6 Å². The van der Waals surface area contributed by atoms with Crippen molar-refractivity contribution >= 4 is 36.1 Å². The second-order valence-electron chi connectivity index (χ2n) is 12.0. The molecule has 0 unspecified atom stereocenters. The smallest absolute Gasteiger partial charge is 0.408 e. The maximum atomic E-state index is 12.2. The van der Waals surface area contributed by atoms with Gasteiger partial charge in [0.15, 0.2) is 0 Å². The molecule has 0 saturated heterocycles. The van der Waals surface area contributed by atoms with E-state index in [9.17, 15) is 28.8 Å². The molecule has 0 saturated carbocycles. The summed E-state index contributed by atoms with van der Waals surface area (Å²) in [5, 5.41) is 13.4. The van der Waals surface area contributed by atoms with Gasteiger partial charge in [-0.2, -0.15) is 0 Å². The molecule has 3 N–H and O–H groups in total. The van der Waals surface area contributed by atoms with Crippen molar-refractivity contribution < 1.29 is 57.6 Å². The maximum Gasteiger partial charge on any atom is 0.408 e. The van der Waals surface area contributed by atoms with Gasteiger partial charge in [-0.3, -0.25) is 9.59 Å². The molecular formula is C33H44N2O12. The van der Waals surface area contributed by atoms with Crippen LogP contribution < -0.4 is 10.6 Å². The van der Waals surface area contributed by atoms with Gasteiger partial charge in [-0.1, -0.05) is 60.7 Å². The number of carbonyl (C=O) groups excluding carboxylic acids is 5. The quantitative estimate of drug-likeness (QED) is 0.216. The lowest BCUT2D eigenvalue weighted by molar-refractivity contribution is -0.152. The largest absolute Gasteiger partial charge is 0.481 e. The van der Waals surface area contributed by atoms with Crippen LogP contribution in [0.15, 0.2) is 60.7 Å². The fourth-order valence-electron chi connectivity index (χ4n) is 3.37. The zero-order valence-corrected chi connectivity index (χ0v) is 27.7. The number of methoxy groups -OCH3 is 1. The molecule has 47 heavy (non-hydrogen) atoms. The van der Waals surface area contributed by atoms with Crippen molar-refractivity contribution in [2.24, 2.45) is 0 Å². The molecule has 2 aromatic carbocycles. The number of rotatable bonds is 12. The molecule has 0 heterocycles. The highest BCUT2D eigenvalue weighted by Crippen LogP contribution is 2.10. The van der Waals surface area contributed by atoms with Gasteiger partial charge in [0.1, 0.15) is 36.5 Å². The number of alkyl carbamates (subject to hydrolysis) is 2. The van der Waals surface area contributed by atoms with E-state index in [0.717, 1.165) is 11.1 Å². The number of carboxylic acid groups (broad SMARTS) is 1. The van der Waals surface area contributed by atoms with Crippen LogP contribution in [0.5, 0.6) is 0 Å². The van der Waals surface area contributed by atoms with Crippen molar-refractivity contribution in [2.75, 3.05) is 7.11 Å². The van der Waals surface area contributed by atoms with Gasteiger partial charge in [-0.25, -0.2) is 19.2 Å². The fourth-order valence-corrected chi connectivity index (χ4v) is 3.37. The summed E-state index contributed by atoms with van der Waals surface area (Å²) in [6.07, 6.45) is -2.62. The lowest BCUT2D eigenvalue weighted by Crippen LogP contribution is -2.45. The van der Waals surface area contributed by atoms with Crippen molar-refractivity contribution in [1.29, 1.82) is 0 Å². The number of hydrogen-bond donors (Lipinski definition) is 3. The first-order valence-electron chi connectivity index (χ1n) is 14.6. The number of nitrogens with one attached hydrogen (secondary N) is 2. The topological polar surface area (TPSA) is 193 Å². The molecule has 0 fully saturated rings. The number of ether oxygens (including phenoxy) is 5. The molecule has 14 heteroatoms. The van der Waals surface area contributed by atoms with Crippen LogP contribution in [0, 0.1) is 0 Å². The number of carboxylic acids is 1. The van der Waals surface area contributed by atoms with Gasteiger partial charge in [-0.05, 0) is 52.7 Å². The van der Waals surface area contributed by atoms with E-state index in [0.29, 0.717) is 0 Å². The maximum absolute atomic E-state index is 12.2. The summed E-state index contributed by atoms with van der Waals surface area (Å²) < 4.78 is 24.8. The normalized spacial score (nSPS) is 12.1. The average Bonchev–Trinajstić information content (AvgIpc) is 2.97. The number of carbonyl (C=O) groups is 6. The molecule has 2 aromatic rings. The van der Waals surface area contributed by atoms with E-state index in [1.54, 1.807) is 77.9 Å². The molecule has 0 bridgehead atoms. The third-order valence-corrected chi connectivity index (χ3v) is 5.38. The lowest BCUT2D eigenvalue weighted by Gasteiger charge is -2.22. The van der Waals surface area contributed by atoms with Crippen LogP contribution in [0.3, 0.4) is 0 Å². The molecule has 258 valence electrons. The van der Waals surface area contributed by atoms with Gasteiger partial charge in [-0.15, -0.1) is 0 Å².